The Morgan fingerprint density at radius 3 is 2.72 bits per heavy atom. The number of carboxylic acids is 1. The van der Waals surface area contributed by atoms with Crippen molar-refractivity contribution in [2.75, 3.05) is 0 Å². The van der Waals surface area contributed by atoms with Gasteiger partial charge in [-0.1, -0.05) is 0 Å². The summed E-state index contributed by atoms with van der Waals surface area (Å²) in [6.07, 6.45) is 2.10. The molecule has 0 bridgehead atoms. The van der Waals surface area contributed by atoms with Gasteiger partial charge in [0.2, 0.25) is 0 Å². The summed E-state index contributed by atoms with van der Waals surface area (Å²) in [4.78, 5) is 14.7. The van der Waals surface area contributed by atoms with Crippen molar-refractivity contribution in [1.82, 2.24) is 4.98 Å². The van der Waals surface area contributed by atoms with E-state index in [9.17, 15) is 14.3 Å². The highest BCUT2D eigenvalue weighted by molar-refractivity contribution is 5.89. The Labute approximate surface area is 102 Å². The van der Waals surface area contributed by atoms with E-state index in [0.29, 0.717) is 0 Å². The van der Waals surface area contributed by atoms with E-state index >= 15 is 0 Å². The molecule has 0 fully saturated rings. The van der Waals surface area contributed by atoms with Crippen LogP contribution in [0.4, 0.5) is 4.39 Å². The van der Waals surface area contributed by atoms with E-state index in [0.717, 1.165) is 18.5 Å². The minimum atomic E-state index is -1.75. The summed E-state index contributed by atoms with van der Waals surface area (Å²) in [5, 5.41) is 19.3. The van der Waals surface area contributed by atoms with Crippen molar-refractivity contribution >= 4 is 5.97 Å². The largest absolute Gasteiger partial charge is 0.478 e. The quantitative estimate of drug-likeness (QED) is 0.868. The van der Waals surface area contributed by atoms with Crippen molar-refractivity contribution in [3.63, 3.8) is 0 Å². The molecule has 94 valence electrons. The Morgan fingerprint density at radius 2 is 2.17 bits per heavy atom. The van der Waals surface area contributed by atoms with Crippen LogP contribution in [-0.2, 0) is 5.60 Å². The molecular formula is C12H10FNO4. The van der Waals surface area contributed by atoms with E-state index < -0.39 is 17.4 Å². The lowest BCUT2D eigenvalue weighted by atomic mass is 9.95. The summed E-state index contributed by atoms with van der Waals surface area (Å²) < 4.78 is 17.8. The predicted molar refractivity (Wildman–Crippen MR) is 58.5 cm³/mol. The summed E-state index contributed by atoms with van der Waals surface area (Å²) in [6.45, 7) is 1.33. The maximum absolute atomic E-state index is 12.8. The molecule has 2 rings (SSSR count). The molecule has 2 aromatic heterocycles. The first-order valence-corrected chi connectivity index (χ1v) is 5.08. The zero-order valence-electron chi connectivity index (χ0n) is 9.42. The maximum Gasteiger partial charge on any atom is 0.339 e. The van der Waals surface area contributed by atoms with Gasteiger partial charge in [0.05, 0.1) is 18.2 Å². The number of aromatic carboxylic acids is 1. The molecule has 6 heteroatoms. The molecule has 0 aliphatic carbocycles. The summed E-state index contributed by atoms with van der Waals surface area (Å²) >= 11 is 0. The number of carbonyl (C=O) groups is 1. The number of pyridine rings is 1. The van der Waals surface area contributed by atoms with Gasteiger partial charge in [0.25, 0.3) is 0 Å². The van der Waals surface area contributed by atoms with Gasteiger partial charge in [0.15, 0.2) is 11.4 Å². The van der Waals surface area contributed by atoms with E-state index in [1.165, 1.54) is 19.1 Å². The molecule has 0 spiro atoms. The lowest BCUT2D eigenvalue weighted by molar-refractivity contribution is 0.0597. The van der Waals surface area contributed by atoms with Crippen molar-refractivity contribution in [3.05, 3.63) is 53.5 Å². The summed E-state index contributed by atoms with van der Waals surface area (Å²) in [6, 6.07) is 3.62. The molecule has 0 saturated heterocycles. The van der Waals surface area contributed by atoms with Gasteiger partial charge < -0.3 is 14.6 Å². The van der Waals surface area contributed by atoms with Gasteiger partial charge in [-0.2, -0.15) is 0 Å². The van der Waals surface area contributed by atoms with E-state index in [-0.39, 0.29) is 17.0 Å². The van der Waals surface area contributed by atoms with E-state index in [1.54, 1.807) is 0 Å². The SMILES string of the molecule is CC(O)(c1ccc(F)cn1)c1occc1C(=O)O. The smallest absolute Gasteiger partial charge is 0.339 e. The first-order chi connectivity index (χ1) is 8.43. The number of aromatic nitrogens is 1. The zero-order chi connectivity index (χ0) is 13.3. The second-order valence-electron chi connectivity index (χ2n) is 3.90. The number of hydrogen-bond donors (Lipinski definition) is 2. The third-order valence-corrected chi connectivity index (χ3v) is 2.56. The van der Waals surface area contributed by atoms with Crippen molar-refractivity contribution in [2.45, 2.75) is 12.5 Å². The van der Waals surface area contributed by atoms with Crippen LogP contribution in [0.1, 0.15) is 28.7 Å². The standard InChI is InChI=1S/C12H10FNO4/c1-12(17,9-3-2-7(13)6-14-9)10-8(11(15)16)4-5-18-10/h2-6,17H,1H3,(H,15,16). The summed E-state index contributed by atoms with van der Waals surface area (Å²) in [5.74, 6) is -1.91. The van der Waals surface area contributed by atoms with Gasteiger partial charge in [0, 0.05) is 0 Å². The average Bonchev–Trinajstić information content (AvgIpc) is 2.79. The molecular weight excluding hydrogens is 241 g/mol. The van der Waals surface area contributed by atoms with Crippen molar-refractivity contribution in [1.29, 1.82) is 0 Å². The number of carboxylic acid groups (broad SMARTS) is 1. The van der Waals surface area contributed by atoms with Crippen LogP contribution in [0, 0.1) is 5.82 Å². The molecule has 0 saturated carbocycles. The highest BCUT2D eigenvalue weighted by Crippen LogP contribution is 2.31. The van der Waals surface area contributed by atoms with Gasteiger partial charge in [-0.3, -0.25) is 4.98 Å². The second-order valence-corrected chi connectivity index (χ2v) is 3.90. The highest BCUT2D eigenvalue weighted by atomic mass is 19.1. The molecule has 0 aliphatic heterocycles. The van der Waals surface area contributed by atoms with Crippen LogP contribution in [0.15, 0.2) is 35.1 Å². The zero-order valence-corrected chi connectivity index (χ0v) is 9.42. The maximum atomic E-state index is 12.8. The number of halogens is 1. The predicted octanol–water partition coefficient (Wildman–Crippen LogP) is 1.77. The third-order valence-electron chi connectivity index (χ3n) is 2.56. The number of rotatable bonds is 3. The van der Waals surface area contributed by atoms with Gasteiger partial charge in [0.1, 0.15) is 11.4 Å². The Morgan fingerprint density at radius 1 is 1.44 bits per heavy atom. The molecule has 0 radical (unpaired) electrons. The Bertz CT molecular complexity index is 574. The molecule has 2 N–H and O–H groups in total. The van der Waals surface area contributed by atoms with Crippen LogP contribution in [0.5, 0.6) is 0 Å². The fourth-order valence-corrected chi connectivity index (χ4v) is 1.63. The fourth-order valence-electron chi connectivity index (χ4n) is 1.63. The van der Waals surface area contributed by atoms with Gasteiger partial charge in [-0.25, -0.2) is 9.18 Å². The first-order valence-electron chi connectivity index (χ1n) is 5.08. The van der Waals surface area contributed by atoms with E-state index in [2.05, 4.69) is 4.98 Å². The second kappa shape index (κ2) is 4.23. The minimum absolute atomic E-state index is 0.0985. The number of hydrogen-bond acceptors (Lipinski definition) is 4. The number of nitrogens with zero attached hydrogens (tertiary/aromatic N) is 1. The van der Waals surface area contributed by atoms with Crippen molar-refractivity contribution < 1.29 is 23.8 Å². The molecule has 0 aliphatic rings. The molecule has 0 amide bonds. The van der Waals surface area contributed by atoms with Crippen LogP contribution in [0.25, 0.3) is 0 Å². The first kappa shape index (κ1) is 12.3. The summed E-state index contributed by atoms with van der Waals surface area (Å²) in [7, 11) is 0. The number of aliphatic hydroxyl groups is 1. The van der Waals surface area contributed by atoms with E-state index in [1.807, 2.05) is 0 Å². The normalized spacial score (nSPS) is 14.2. The highest BCUT2D eigenvalue weighted by Gasteiger charge is 2.35. The molecule has 18 heavy (non-hydrogen) atoms. The van der Waals surface area contributed by atoms with Gasteiger partial charge in [-0.15, -0.1) is 0 Å². The molecule has 1 unspecified atom stereocenters. The average molecular weight is 251 g/mol. The third kappa shape index (κ3) is 1.98. The lowest BCUT2D eigenvalue weighted by Gasteiger charge is -2.20. The molecule has 5 nitrogen and oxygen atoms in total. The van der Waals surface area contributed by atoms with Gasteiger partial charge in [-0.05, 0) is 25.1 Å². The van der Waals surface area contributed by atoms with Crippen LogP contribution >= 0.6 is 0 Å². The Kier molecular flexibility index (Phi) is 2.88. The molecule has 2 aromatic rings. The fraction of sp³-hybridized carbons (Fsp3) is 0.167. The molecule has 1 atom stereocenters. The minimum Gasteiger partial charge on any atom is -0.478 e. The van der Waals surface area contributed by atoms with Crippen LogP contribution in [0.3, 0.4) is 0 Å². The van der Waals surface area contributed by atoms with Crippen LogP contribution in [-0.4, -0.2) is 21.2 Å². The van der Waals surface area contributed by atoms with E-state index in [4.69, 9.17) is 9.52 Å². The van der Waals surface area contributed by atoms with Crippen molar-refractivity contribution in [2.24, 2.45) is 0 Å². The Hall–Kier alpha value is -2.21. The lowest BCUT2D eigenvalue weighted by Crippen LogP contribution is -2.26. The topological polar surface area (TPSA) is 83.6 Å². The summed E-state index contributed by atoms with van der Waals surface area (Å²) in [5.41, 5.74) is -1.81. The van der Waals surface area contributed by atoms with Gasteiger partial charge >= 0.3 is 5.97 Å². The molecule has 2 heterocycles. The Balaban J connectivity index is 2.50. The van der Waals surface area contributed by atoms with Crippen LogP contribution in [0.2, 0.25) is 0 Å². The number of furan rings is 1. The molecule has 0 aromatic carbocycles. The van der Waals surface area contributed by atoms with Crippen LogP contribution < -0.4 is 0 Å². The monoisotopic (exact) mass is 251 g/mol. The van der Waals surface area contributed by atoms with Crippen molar-refractivity contribution in [3.8, 4) is 0 Å².